The predicted molar refractivity (Wildman–Crippen MR) is 96.0 cm³/mol. The molecule has 1 aromatic carbocycles. The zero-order valence-corrected chi connectivity index (χ0v) is 14.7. The molecule has 136 valence electrons. The maximum atomic E-state index is 12.7. The highest BCUT2D eigenvalue weighted by atomic mass is 16.5. The highest BCUT2D eigenvalue weighted by Crippen LogP contribution is 2.39. The number of carbonyl (C=O) groups excluding carboxylic acids is 2. The number of amides is 2. The summed E-state index contributed by atoms with van der Waals surface area (Å²) in [4.78, 5) is 39.9. The Morgan fingerprint density at radius 2 is 2.04 bits per heavy atom. The lowest BCUT2D eigenvalue weighted by atomic mass is 9.71. The molecule has 2 fully saturated rings. The first kappa shape index (κ1) is 16.8. The van der Waals surface area contributed by atoms with E-state index in [-0.39, 0.29) is 41.0 Å². The Balaban J connectivity index is 1.60. The van der Waals surface area contributed by atoms with Crippen LogP contribution in [0.4, 0.5) is 0 Å². The second kappa shape index (κ2) is 6.25. The van der Waals surface area contributed by atoms with Gasteiger partial charge in [0, 0.05) is 31.0 Å². The molecule has 4 rings (SSSR count). The Kier molecular flexibility index (Phi) is 4.03. The van der Waals surface area contributed by atoms with Gasteiger partial charge < -0.3 is 20.4 Å². The van der Waals surface area contributed by atoms with Gasteiger partial charge in [0.2, 0.25) is 11.3 Å². The Bertz CT molecular complexity index is 951. The molecule has 7 heteroatoms. The Labute approximate surface area is 150 Å². The molecule has 1 aliphatic heterocycles. The minimum Gasteiger partial charge on any atom is -0.376 e. The molecule has 0 unspecified atom stereocenters. The van der Waals surface area contributed by atoms with Gasteiger partial charge >= 0.3 is 0 Å². The number of aromatic nitrogens is 1. The van der Waals surface area contributed by atoms with Crippen LogP contribution in [0.2, 0.25) is 0 Å². The molecule has 3 N–H and O–H groups in total. The molecule has 2 heterocycles. The topological polar surface area (TPSA) is 100 Å². The number of rotatable bonds is 3. The van der Waals surface area contributed by atoms with Gasteiger partial charge in [-0.3, -0.25) is 14.4 Å². The fourth-order valence-corrected chi connectivity index (χ4v) is 4.11. The summed E-state index contributed by atoms with van der Waals surface area (Å²) in [5, 5.41) is 6.26. The summed E-state index contributed by atoms with van der Waals surface area (Å²) in [6.45, 7) is 3.97. The van der Waals surface area contributed by atoms with E-state index in [9.17, 15) is 14.4 Å². The van der Waals surface area contributed by atoms with Crippen molar-refractivity contribution in [1.29, 1.82) is 0 Å². The number of fused-ring (bicyclic) bond motifs is 2. The molecule has 1 aromatic heterocycles. The lowest BCUT2D eigenvalue weighted by Gasteiger charge is -2.47. The van der Waals surface area contributed by atoms with Gasteiger partial charge in [-0.15, -0.1) is 0 Å². The zero-order chi connectivity index (χ0) is 18.4. The smallest absolute Gasteiger partial charge is 0.257 e. The SMILES string of the molecule is CC(=O)N[C@@H]1[C@@H](NC(=O)c2c[nH]c3c(C)cccc3c2=O)[C@H]2CCO[C@H]21. The molecule has 0 radical (unpaired) electrons. The summed E-state index contributed by atoms with van der Waals surface area (Å²) in [6.07, 6.45) is 2.22. The summed E-state index contributed by atoms with van der Waals surface area (Å²) in [5.41, 5.74) is 1.46. The minimum atomic E-state index is -0.430. The van der Waals surface area contributed by atoms with Crippen molar-refractivity contribution in [2.45, 2.75) is 38.5 Å². The van der Waals surface area contributed by atoms with Crippen LogP contribution in [0, 0.1) is 12.8 Å². The number of hydrogen-bond acceptors (Lipinski definition) is 4. The van der Waals surface area contributed by atoms with Crippen molar-refractivity contribution >= 4 is 22.7 Å². The third kappa shape index (κ3) is 2.59. The second-order valence-electron chi connectivity index (χ2n) is 7.04. The van der Waals surface area contributed by atoms with Gasteiger partial charge in [0.15, 0.2) is 0 Å². The van der Waals surface area contributed by atoms with Crippen molar-refractivity contribution in [3.8, 4) is 0 Å². The number of aryl methyl sites for hydroxylation is 1. The second-order valence-corrected chi connectivity index (χ2v) is 7.04. The minimum absolute atomic E-state index is 0.0678. The van der Waals surface area contributed by atoms with Gasteiger partial charge in [-0.05, 0) is 25.0 Å². The van der Waals surface area contributed by atoms with Crippen LogP contribution in [0.3, 0.4) is 0 Å². The number of carbonyl (C=O) groups is 2. The average Bonchev–Trinajstić information content (AvgIpc) is 3.03. The first-order valence-corrected chi connectivity index (χ1v) is 8.78. The molecule has 0 bridgehead atoms. The lowest BCUT2D eigenvalue weighted by Crippen LogP contribution is -2.70. The van der Waals surface area contributed by atoms with E-state index in [1.807, 2.05) is 13.0 Å². The van der Waals surface area contributed by atoms with Crippen LogP contribution in [0.25, 0.3) is 10.9 Å². The van der Waals surface area contributed by atoms with Crippen molar-refractivity contribution in [3.63, 3.8) is 0 Å². The molecule has 0 spiro atoms. The van der Waals surface area contributed by atoms with Crippen LogP contribution in [0.1, 0.15) is 29.3 Å². The van der Waals surface area contributed by atoms with Crippen LogP contribution in [-0.2, 0) is 9.53 Å². The van der Waals surface area contributed by atoms with E-state index < -0.39 is 5.91 Å². The molecule has 2 aromatic rings. The summed E-state index contributed by atoms with van der Waals surface area (Å²) >= 11 is 0. The van der Waals surface area contributed by atoms with Crippen LogP contribution in [-0.4, -0.2) is 41.6 Å². The number of hydrogen-bond donors (Lipinski definition) is 3. The van der Waals surface area contributed by atoms with Crippen LogP contribution < -0.4 is 16.1 Å². The third-order valence-corrected chi connectivity index (χ3v) is 5.42. The molecule has 4 atom stereocenters. The summed E-state index contributed by atoms with van der Waals surface area (Å²) in [5.74, 6) is -0.430. The molecule has 26 heavy (non-hydrogen) atoms. The van der Waals surface area contributed by atoms with Crippen LogP contribution >= 0.6 is 0 Å². The fourth-order valence-electron chi connectivity index (χ4n) is 4.11. The molecule has 1 aliphatic carbocycles. The maximum absolute atomic E-state index is 12.7. The maximum Gasteiger partial charge on any atom is 0.257 e. The predicted octanol–water partition coefficient (Wildman–Crippen LogP) is 0.858. The van der Waals surface area contributed by atoms with Crippen molar-refractivity contribution in [2.24, 2.45) is 5.92 Å². The van der Waals surface area contributed by atoms with E-state index in [2.05, 4.69) is 15.6 Å². The van der Waals surface area contributed by atoms with Gasteiger partial charge in [-0.1, -0.05) is 12.1 Å². The Hall–Kier alpha value is -2.67. The first-order valence-electron chi connectivity index (χ1n) is 8.78. The monoisotopic (exact) mass is 355 g/mol. The molecule has 2 aliphatic rings. The van der Waals surface area contributed by atoms with Crippen molar-refractivity contribution in [1.82, 2.24) is 15.6 Å². The normalized spacial score (nSPS) is 26.8. The summed E-state index contributed by atoms with van der Waals surface area (Å²) < 4.78 is 5.64. The van der Waals surface area contributed by atoms with Crippen LogP contribution in [0.5, 0.6) is 0 Å². The van der Waals surface area contributed by atoms with Gasteiger partial charge in [-0.2, -0.15) is 0 Å². The quantitative estimate of drug-likeness (QED) is 0.760. The van der Waals surface area contributed by atoms with Crippen molar-refractivity contribution in [2.75, 3.05) is 6.61 Å². The molecular formula is C19H21N3O4. The number of benzene rings is 1. The van der Waals surface area contributed by atoms with E-state index in [1.165, 1.54) is 13.1 Å². The highest BCUT2D eigenvalue weighted by Gasteiger charge is 2.55. The van der Waals surface area contributed by atoms with Crippen LogP contribution in [0.15, 0.2) is 29.2 Å². The van der Waals surface area contributed by atoms with E-state index in [1.54, 1.807) is 12.1 Å². The number of para-hydroxylation sites is 1. The molecule has 1 saturated carbocycles. The highest BCUT2D eigenvalue weighted by molar-refractivity contribution is 5.97. The van der Waals surface area contributed by atoms with Gasteiger partial charge in [0.1, 0.15) is 5.56 Å². The standard InChI is InChI=1S/C19H21N3O4/c1-9-4-3-5-11-14(9)20-8-13(17(11)24)19(25)22-15-12-6-7-26-18(12)16(15)21-10(2)23/h3-5,8,12,15-16,18H,6-7H2,1-2H3,(H,20,24)(H,21,23)(H,22,25)/t12-,15+,16-,18-/m1/s1. The summed E-state index contributed by atoms with van der Waals surface area (Å²) in [6, 6.07) is 4.93. The number of aromatic amines is 1. The number of pyridine rings is 1. The third-order valence-electron chi connectivity index (χ3n) is 5.42. The molecular weight excluding hydrogens is 334 g/mol. The largest absolute Gasteiger partial charge is 0.376 e. The fraction of sp³-hybridized carbons (Fsp3) is 0.421. The van der Waals surface area contributed by atoms with E-state index in [0.717, 1.165) is 17.5 Å². The Morgan fingerprint density at radius 1 is 1.23 bits per heavy atom. The van der Waals surface area contributed by atoms with Gasteiger partial charge in [0.05, 0.1) is 23.7 Å². The zero-order valence-electron chi connectivity index (χ0n) is 14.7. The van der Waals surface area contributed by atoms with Crippen molar-refractivity contribution in [3.05, 3.63) is 45.7 Å². The molecule has 1 saturated heterocycles. The molecule has 7 nitrogen and oxygen atoms in total. The number of ether oxygens (including phenoxy) is 1. The van der Waals surface area contributed by atoms with E-state index in [4.69, 9.17) is 4.74 Å². The van der Waals surface area contributed by atoms with Gasteiger partial charge in [0.25, 0.3) is 5.91 Å². The number of nitrogens with one attached hydrogen (secondary N) is 3. The van der Waals surface area contributed by atoms with E-state index >= 15 is 0 Å². The average molecular weight is 355 g/mol. The first-order chi connectivity index (χ1) is 12.5. The number of H-pyrrole nitrogens is 1. The van der Waals surface area contributed by atoms with E-state index in [0.29, 0.717) is 12.0 Å². The molecule has 2 amide bonds. The Morgan fingerprint density at radius 3 is 2.81 bits per heavy atom. The van der Waals surface area contributed by atoms with Crippen molar-refractivity contribution < 1.29 is 14.3 Å². The lowest BCUT2D eigenvalue weighted by molar-refractivity contribution is -0.123. The summed E-state index contributed by atoms with van der Waals surface area (Å²) in [7, 11) is 0. The van der Waals surface area contributed by atoms with Gasteiger partial charge in [-0.25, -0.2) is 0 Å².